The number of nitrogens with one attached hydrogen (secondary N) is 2. The first-order chi connectivity index (χ1) is 14.1. The zero-order valence-corrected chi connectivity index (χ0v) is 16.9. The van der Waals surface area contributed by atoms with Crippen molar-refractivity contribution in [2.24, 2.45) is 5.92 Å². The number of hydrogen-bond donors (Lipinski definition) is 3. The Hall–Kier alpha value is -2.12. The zero-order chi connectivity index (χ0) is 20.4. The van der Waals surface area contributed by atoms with Gasteiger partial charge >= 0.3 is 0 Å². The number of anilines is 1. The van der Waals surface area contributed by atoms with E-state index in [2.05, 4.69) is 10.6 Å². The predicted molar refractivity (Wildman–Crippen MR) is 108 cm³/mol. The van der Waals surface area contributed by atoms with Gasteiger partial charge in [0.05, 0.1) is 19.1 Å². The maximum atomic E-state index is 12.2. The highest BCUT2D eigenvalue weighted by atomic mass is 16.6. The number of carbonyl (C=O) groups excluding carboxylic acids is 2. The number of carbonyl (C=O) groups is 2. The molecule has 4 atom stereocenters. The van der Waals surface area contributed by atoms with Crippen LogP contribution in [0.5, 0.6) is 5.75 Å². The number of aliphatic hydroxyl groups excluding tert-OH is 1. The molecule has 3 aliphatic rings. The van der Waals surface area contributed by atoms with Crippen molar-refractivity contribution < 1.29 is 24.2 Å². The largest absolute Gasteiger partial charge is 0.487 e. The molecule has 7 heteroatoms. The molecule has 4 rings (SSSR count). The van der Waals surface area contributed by atoms with E-state index in [9.17, 15) is 14.7 Å². The molecule has 0 unspecified atom stereocenters. The van der Waals surface area contributed by atoms with Crippen molar-refractivity contribution in [1.82, 2.24) is 5.32 Å². The second-order valence-corrected chi connectivity index (χ2v) is 8.41. The monoisotopic (exact) mass is 402 g/mol. The van der Waals surface area contributed by atoms with Crippen LogP contribution in [0.3, 0.4) is 0 Å². The number of fused-ring (bicyclic) bond motifs is 3. The average molecular weight is 402 g/mol. The Labute approximate surface area is 171 Å². The van der Waals surface area contributed by atoms with E-state index < -0.39 is 6.10 Å². The molecule has 7 nitrogen and oxygen atoms in total. The molecule has 158 valence electrons. The minimum absolute atomic E-state index is 0.0279. The highest BCUT2D eigenvalue weighted by molar-refractivity contribution is 5.91. The van der Waals surface area contributed by atoms with Crippen molar-refractivity contribution >= 4 is 17.5 Å². The van der Waals surface area contributed by atoms with Crippen LogP contribution >= 0.6 is 0 Å². The summed E-state index contributed by atoms with van der Waals surface area (Å²) in [6, 6.07) is 5.70. The Morgan fingerprint density at radius 3 is 2.76 bits per heavy atom. The highest BCUT2D eigenvalue weighted by Crippen LogP contribution is 2.47. The number of aliphatic hydroxyl groups is 1. The molecule has 2 aliphatic heterocycles. The van der Waals surface area contributed by atoms with Crippen molar-refractivity contribution in [3.8, 4) is 5.75 Å². The van der Waals surface area contributed by atoms with Gasteiger partial charge in [-0.15, -0.1) is 0 Å². The van der Waals surface area contributed by atoms with Crippen LogP contribution in [-0.2, 0) is 14.3 Å². The summed E-state index contributed by atoms with van der Waals surface area (Å²) >= 11 is 0. The van der Waals surface area contributed by atoms with Gasteiger partial charge in [-0.2, -0.15) is 0 Å². The summed E-state index contributed by atoms with van der Waals surface area (Å²) in [6.45, 7) is 2.50. The molecule has 1 aromatic rings. The SMILES string of the molecule is CCCNC(=O)C[C@H]1C[C@@H]2c3cc(NC(=O)CC4CC4)ccc3O[C@@H]2[C@H](CO)O1. The molecule has 1 saturated heterocycles. The second-order valence-electron chi connectivity index (χ2n) is 8.41. The summed E-state index contributed by atoms with van der Waals surface area (Å²) < 4.78 is 12.0. The van der Waals surface area contributed by atoms with Crippen LogP contribution in [0.4, 0.5) is 5.69 Å². The molecule has 1 saturated carbocycles. The molecule has 0 spiro atoms. The third-order valence-electron chi connectivity index (χ3n) is 5.94. The molecule has 0 bridgehead atoms. The summed E-state index contributed by atoms with van der Waals surface area (Å²) in [7, 11) is 0. The summed E-state index contributed by atoms with van der Waals surface area (Å²) in [6.07, 6.45) is 3.65. The minimum Gasteiger partial charge on any atom is -0.487 e. The van der Waals surface area contributed by atoms with E-state index in [1.165, 1.54) is 0 Å². The predicted octanol–water partition coefficient (Wildman–Crippen LogP) is 2.34. The second kappa shape index (κ2) is 8.71. The van der Waals surface area contributed by atoms with Gasteiger partial charge in [0.1, 0.15) is 18.0 Å². The fourth-order valence-corrected chi connectivity index (χ4v) is 4.31. The van der Waals surface area contributed by atoms with Gasteiger partial charge in [0, 0.05) is 30.1 Å². The van der Waals surface area contributed by atoms with Crippen molar-refractivity contribution in [2.45, 2.75) is 69.7 Å². The molecule has 1 aliphatic carbocycles. The molecule has 29 heavy (non-hydrogen) atoms. The van der Waals surface area contributed by atoms with Crippen LogP contribution < -0.4 is 15.4 Å². The summed E-state index contributed by atoms with van der Waals surface area (Å²) in [4.78, 5) is 24.3. The summed E-state index contributed by atoms with van der Waals surface area (Å²) in [5, 5.41) is 15.7. The Bertz CT molecular complexity index is 764. The third kappa shape index (κ3) is 4.73. The first-order valence-electron chi connectivity index (χ1n) is 10.7. The van der Waals surface area contributed by atoms with Crippen LogP contribution in [0.1, 0.15) is 56.9 Å². The average Bonchev–Trinajstić information content (AvgIpc) is 3.44. The van der Waals surface area contributed by atoms with E-state index >= 15 is 0 Å². The zero-order valence-electron chi connectivity index (χ0n) is 16.9. The van der Waals surface area contributed by atoms with E-state index in [-0.39, 0.29) is 43.0 Å². The number of rotatable bonds is 8. The fraction of sp³-hybridized carbons (Fsp3) is 0.636. The minimum atomic E-state index is -0.474. The Balaban J connectivity index is 1.46. The number of amides is 2. The van der Waals surface area contributed by atoms with Crippen LogP contribution in [0.15, 0.2) is 18.2 Å². The van der Waals surface area contributed by atoms with Crippen molar-refractivity contribution in [3.05, 3.63) is 23.8 Å². The van der Waals surface area contributed by atoms with Crippen molar-refractivity contribution in [3.63, 3.8) is 0 Å². The molecule has 3 N–H and O–H groups in total. The molecule has 0 radical (unpaired) electrons. The first-order valence-corrected chi connectivity index (χ1v) is 10.7. The normalized spacial score (nSPS) is 27.5. The van der Waals surface area contributed by atoms with Gasteiger partial charge in [-0.05, 0) is 49.8 Å². The quantitative estimate of drug-likeness (QED) is 0.620. The van der Waals surface area contributed by atoms with Crippen LogP contribution in [0, 0.1) is 5.92 Å². The molecular weight excluding hydrogens is 372 g/mol. The van der Waals surface area contributed by atoms with Gasteiger partial charge in [-0.25, -0.2) is 0 Å². The first kappa shape index (κ1) is 20.2. The Kier molecular flexibility index (Phi) is 6.06. The topological polar surface area (TPSA) is 96.9 Å². The van der Waals surface area contributed by atoms with Gasteiger partial charge in [0.15, 0.2) is 0 Å². The lowest BCUT2D eigenvalue weighted by atomic mass is 9.84. The molecule has 2 heterocycles. The molecule has 2 amide bonds. The number of hydrogen-bond acceptors (Lipinski definition) is 5. The van der Waals surface area contributed by atoms with Gasteiger partial charge < -0.3 is 25.2 Å². The van der Waals surface area contributed by atoms with Gasteiger partial charge in [-0.3, -0.25) is 9.59 Å². The van der Waals surface area contributed by atoms with Crippen LogP contribution in [0.25, 0.3) is 0 Å². The summed E-state index contributed by atoms with van der Waals surface area (Å²) in [5.74, 6) is 1.34. The van der Waals surface area contributed by atoms with E-state index in [4.69, 9.17) is 9.47 Å². The van der Waals surface area contributed by atoms with E-state index in [0.717, 1.165) is 36.3 Å². The van der Waals surface area contributed by atoms with E-state index in [1.54, 1.807) is 0 Å². The molecule has 1 aromatic carbocycles. The van der Waals surface area contributed by atoms with Crippen LogP contribution in [-0.4, -0.2) is 48.4 Å². The lowest BCUT2D eigenvalue weighted by Gasteiger charge is -2.37. The number of ether oxygens (including phenoxy) is 2. The Morgan fingerprint density at radius 2 is 2.03 bits per heavy atom. The van der Waals surface area contributed by atoms with Crippen molar-refractivity contribution in [2.75, 3.05) is 18.5 Å². The van der Waals surface area contributed by atoms with E-state index in [1.807, 2.05) is 25.1 Å². The summed E-state index contributed by atoms with van der Waals surface area (Å²) in [5.41, 5.74) is 1.78. The molecule has 0 aromatic heterocycles. The van der Waals surface area contributed by atoms with Crippen molar-refractivity contribution in [1.29, 1.82) is 0 Å². The smallest absolute Gasteiger partial charge is 0.224 e. The van der Waals surface area contributed by atoms with Gasteiger partial charge in [-0.1, -0.05) is 6.92 Å². The molecule has 2 fully saturated rings. The van der Waals surface area contributed by atoms with Gasteiger partial charge in [0.2, 0.25) is 11.8 Å². The fourth-order valence-electron chi connectivity index (χ4n) is 4.31. The maximum absolute atomic E-state index is 12.2. The molecular formula is C22H30N2O5. The highest BCUT2D eigenvalue weighted by Gasteiger charge is 2.46. The lowest BCUT2D eigenvalue weighted by Crippen LogP contribution is -2.47. The number of benzene rings is 1. The third-order valence-corrected chi connectivity index (χ3v) is 5.94. The lowest BCUT2D eigenvalue weighted by molar-refractivity contribution is -0.142. The maximum Gasteiger partial charge on any atom is 0.224 e. The van der Waals surface area contributed by atoms with E-state index in [0.29, 0.717) is 25.3 Å². The Morgan fingerprint density at radius 1 is 1.21 bits per heavy atom. The van der Waals surface area contributed by atoms with Crippen LogP contribution in [0.2, 0.25) is 0 Å². The van der Waals surface area contributed by atoms with Gasteiger partial charge in [0.25, 0.3) is 0 Å². The standard InChI is InChI=1S/C22H30N2O5/c1-2-7-23-20(26)11-15-10-17-16-9-14(24-21(27)8-13-3-4-13)5-6-18(16)29-22(17)19(12-25)28-15/h5-6,9,13,15,17,19,22,25H,2-4,7-8,10-12H2,1H3,(H,23,26)(H,24,27)/t15-,17-,19+,22+/m1/s1.